The number of hydrogen-bond donors (Lipinski definition) is 2. The number of sulfonamides is 1. The van der Waals surface area contributed by atoms with Crippen molar-refractivity contribution in [2.45, 2.75) is 4.90 Å². The normalized spacial score (nSPS) is 11.1. The fraction of sp³-hybridized carbons (Fsp3) is 0. The molecule has 0 amide bonds. The second-order valence-corrected chi connectivity index (χ2v) is 5.01. The maximum absolute atomic E-state index is 11.9. The largest absolute Gasteiger partial charge is 0.478 e. The number of rotatable bonds is 4. The monoisotopic (exact) mass is 268 g/mol. The van der Waals surface area contributed by atoms with E-state index in [-0.39, 0.29) is 16.3 Å². The molecule has 2 N–H and O–H groups in total. The second-order valence-electron chi connectivity index (χ2n) is 3.32. The van der Waals surface area contributed by atoms with Crippen LogP contribution in [0, 0.1) is 0 Å². The van der Waals surface area contributed by atoms with Crippen molar-refractivity contribution in [3.05, 3.63) is 42.2 Å². The first-order valence-electron chi connectivity index (χ1n) is 4.75. The summed E-state index contributed by atoms with van der Waals surface area (Å²) in [6.45, 7) is 0. The van der Waals surface area contributed by atoms with Gasteiger partial charge in [-0.2, -0.15) is 0 Å². The van der Waals surface area contributed by atoms with Crippen LogP contribution in [-0.2, 0) is 10.0 Å². The van der Waals surface area contributed by atoms with Gasteiger partial charge in [-0.15, -0.1) is 0 Å². The molecular weight excluding hydrogens is 260 g/mol. The number of carboxylic acids is 1. The summed E-state index contributed by atoms with van der Waals surface area (Å²) in [5.74, 6) is -1.18. The van der Waals surface area contributed by atoms with Crippen LogP contribution < -0.4 is 4.72 Å². The van der Waals surface area contributed by atoms with Crippen molar-refractivity contribution in [1.82, 2.24) is 5.16 Å². The number of anilines is 1. The third-order valence-corrected chi connectivity index (χ3v) is 3.42. The molecule has 18 heavy (non-hydrogen) atoms. The number of aromatic carboxylic acids is 1. The van der Waals surface area contributed by atoms with Crippen LogP contribution in [0.4, 0.5) is 5.82 Å². The quantitative estimate of drug-likeness (QED) is 0.861. The number of benzene rings is 1. The molecule has 2 aromatic rings. The van der Waals surface area contributed by atoms with E-state index in [2.05, 4.69) is 14.4 Å². The third-order valence-electron chi connectivity index (χ3n) is 2.07. The van der Waals surface area contributed by atoms with Gasteiger partial charge in [0, 0.05) is 6.07 Å². The summed E-state index contributed by atoms with van der Waals surface area (Å²) in [7, 11) is -3.88. The summed E-state index contributed by atoms with van der Waals surface area (Å²) in [5, 5.41) is 12.2. The van der Waals surface area contributed by atoms with Crippen LogP contribution in [0.1, 0.15) is 10.4 Å². The van der Waals surface area contributed by atoms with Gasteiger partial charge in [0.2, 0.25) is 0 Å². The van der Waals surface area contributed by atoms with Crippen molar-refractivity contribution in [3.8, 4) is 0 Å². The Labute approximate surface area is 102 Å². The predicted octanol–water partition coefficient (Wildman–Crippen LogP) is 1.17. The number of aromatic nitrogens is 1. The molecule has 0 bridgehead atoms. The minimum Gasteiger partial charge on any atom is -0.478 e. The Bertz CT molecular complexity index is 663. The molecule has 0 fully saturated rings. The zero-order chi connectivity index (χ0) is 13.2. The molecule has 0 unspecified atom stereocenters. The Balaban J connectivity index is 2.35. The molecule has 1 aromatic heterocycles. The van der Waals surface area contributed by atoms with Crippen LogP contribution in [0.5, 0.6) is 0 Å². The van der Waals surface area contributed by atoms with Crippen molar-refractivity contribution in [2.75, 3.05) is 4.72 Å². The van der Waals surface area contributed by atoms with E-state index in [0.29, 0.717) is 0 Å². The number of nitrogens with zero attached hydrogens (tertiary/aromatic N) is 1. The lowest BCUT2D eigenvalue weighted by Gasteiger charge is -2.05. The molecule has 94 valence electrons. The first-order chi connectivity index (χ1) is 8.49. The first-order valence-corrected chi connectivity index (χ1v) is 6.24. The molecule has 0 saturated carbocycles. The molecule has 7 nitrogen and oxygen atoms in total. The maximum Gasteiger partial charge on any atom is 0.335 e. The zero-order valence-electron chi connectivity index (χ0n) is 8.90. The second kappa shape index (κ2) is 4.49. The van der Waals surface area contributed by atoms with E-state index >= 15 is 0 Å². The molecule has 0 radical (unpaired) electrons. The van der Waals surface area contributed by atoms with Crippen molar-refractivity contribution < 1.29 is 22.8 Å². The lowest BCUT2D eigenvalue weighted by molar-refractivity contribution is 0.0696. The van der Waals surface area contributed by atoms with Gasteiger partial charge in [0.25, 0.3) is 10.0 Å². The highest BCUT2D eigenvalue weighted by Crippen LogP contribution is 2.15. The summed E-state index contributed by atoms with van der Waals surface area (Å²) >= 11 is 0. The average Bonchev–Trinajstić information content (AvgIpc) is 2.81. The lowest BCUT2D eigenvalue weighted by atomic mass is 10.2. The van der Waals surface area contributed by atoms with Crippen molar-refractivity contribution in [1.29, 1.82) is 0 Å². The Morgan fingerprint density at radius 3 is 2.72 bits per heavy atom. The van der Waals surface area contributed by atoms with Crippen LogP contribution in [0.3, 0.4) is 0 Å². The van der Waals surface area contributed by atoms with Crippen LogP contribution in [0.15, 0.2) is 46.0 Å². The molecular formula is C10H8N2O5S. The van der Waals surface area contributed by atoms with Gasteiger partial charge in [0.1, 0.15) is 6.26 Å². The van der Waals surface area contributed by atoms with Gasteiger partial charge < -0.3 is 9.63 Å². The van der Waals surface area contributed by atoms with Gasteiger partial charge in [-0.05, 0) is 18.2 Å². The van der Waals surface area contributed by atoms with Crippen molar-refractivity contribution in [3.63, 3.8) is 0 Å². The molecule has 2 rings (SSSR count). The van der Waals surface area contributed by atoms with E-state index in [1.807, 2.05) is 0 Å². The Morgan fingerprint density at radius 2 is 2.11 bits per heavy atom. The molecule has 0 aliphatic rings. The van der Waals surface area contributed by atoms with Gasteiger partial charge in [0.05, 0.1) is 10.5 Å². The van der Waals surface area contributed by atoms with Crippen LogP contribution in [-0.4, -0.2) is 24.7 Å². The number of carbonyl (C=O) groups is 1. The number of nitrogens with one attached hydrogen (secondary N) is 1. The smallest absolute Gasteiger partial charge is 0.335 e. The minimum absolute atomic E-state index is 0.0238. The molecule has 0 aliphatic heterocycles. The SMILES string of the molecule is O=C(O)c1cccc(S(=O)(=O)Nc2ccon2)c1. The van der Waals surface area contributed by atoms with E-state index in [4.69, 9.17) is 5.11 Å². The summed E-state index contributed by atoms with van der Waals surface area (Å²) in [6, 6.07) is 6.33. The Hall–Kier alpha value is -2.35. The van der Waals surface area contributed by atoms with Crippen LogP contribution in [0.25, 0.3) is 0 Å². The molecule has 1 aromatic carbocycles. The highest BCUT2D eigenvalue weighted by Gasteiger charge is 2.17. The number of carboxylic acid groups (broad SMARTS) is 1. The fourth-order valence-corrected chi connectivity index (χ4v) is 2.30. The van der Waals surface area contributed by atoms with Gasteiger partial charge in [-0.1, -0.05) is 11.2 Å². The molecule has 8 heteroatoms. The summed E-state index contributed by atoms with van der Waals surface area (Å²) in [5.41, 5.74) is -0.113. The van der Waals surface area contributed by atoms with Gasteiger partial charge in [-0.25, -0.2) is 13.2 Å². The molecule has 0 atom stereocenters. The molecule has 0 saturated heterocycles. The Morgan fingerprint density at radius 1 is 1.33 bits per heavy atom. The zero-order valence-corrected chi connectivity index (χ0v) is 9.72. The van der Waals surface area contributed by atoms with Crippen molar-refractivity contribution in [2.24, 2.45) is 0 Å². The van der Waals surface area contributed by atoms with Crippen LogP contribution >= 0.6 is 0 Å². The highest BCUT2D eigenvalue weighted by molar-refractivity contribution is 7.92. The summed E-state index contributed by atoms with van der Waals surface area (Å²) in [4.78, 5) is 10.6. The maximum atomic E-state index is 11.9. The topological polar surface area (TPSA) is 110 Å². The fourth-order valence-electron chi connectivity index (χ4n) is 1.26. The summed E-state index contributed by atoms with van der Waals surface area (Å²) < 4.78 is 30.4. The average molecular weight is 268 g/mol. The molecule has 1 heterocycles. The minimum atomic E-state index is -3.88. The van der Waals surface area contributed by atoms with Crippen molar-refractivity contribution >= 4 is 21.8 Å². The van der Waals surface area contributed by atoms with Gasteiger partial charge in [-0.3, -0.25) is 4.72 Å². The summed E-state index contributed by atoms with van der Waals surface area (Å²) in [6.07, 6.45) is 1.21. The Kier molecular flexibility index (Phi) is 3.02. The van der Waals surface area contributed by atoms with Gasteiger partial charge >= 0.3 is 5.97 Å². The van der Waals surface area contributed by atoms with E-state index in [1.54, 1.807) is 0 Å². The van der Waals surface area contributed by atoms with E-state index in [1.165, 1.54) is 30.5 Å². The lowest BCUT2D eigenvalue weighted by Crippen LogP contribution is -2.13. The molecule has 0 spiro atoms. The van der Waals surface area contributed by atoms with E-state index in [0.717, 1.165) is 6.07 Å². The first kappa shape index (κ1) is 12.1. The van der Waals surface area contributed by atoms with E-state index < -0.39 is 16.0 Å². The highest BCUT2D eigenvalue weighted by atomic mass is 32.2. The predicted molar refractivity (Wildman–Crippen MR) is 60.7 cm³/mol. The standard InChI is InChI=1S/C10H8N2O5S/c13-10(14)7-2-1-3-8(6-7)18(15,16)12-9-4-5-17-11-9/h1-6H,(H,11,12)(H,13,14). The third kappa shape index (κ3) is 2.48. The number of hydrogen-bond acceptors (Lipinski definition) is 5. The van der Waals surface area contributed by atoms with Gasteiger partial charge in [0.15, 0.2) is 5.82 Å². The van der Waals surface area contributed by atoms with E-state index in [9.17, 15) is 13.2 Å². The van der Waals surface area contributed by atoms with Crippen LogP contribution in [0.2, 0.25) is 0 Å². The molecule has 0 aliphatic carbocycles.